The van der Waals surface area contributed by atoms with Crippen molar-refractivity contribution in [2.45, 2.75) is 18.5 Å². The van der Waals surface area contributed by atoms with Crippen molar-refractivity contribution in [2.75, 3.05) is 43.6 Å². The lowest BCUT2D eigenvalue weighted by molar-refractivity contribution is 0.102. The number of amides is 1. The van der Waals surface area contributed by atoms with Gasteiger partial charge in [-0.15, -0.1) is 0 Å². The Bertz CT molecular complexity index is 1260. The van der Waals surface area contributed by atoms with Gasteiger partial charge in [-0.1, -0.05) is 6.07 Å². The van der Waals surface area contributed by atoms with Crippen LogP contribution in [0.25, 0.3) is 11.4 Å². The Morgan fingerprint density at radius 3 is 2.80 bits per heavy atom. The quantitative estimate of drug-likeness (QED) is 0.536. The monoisotopic (exact) mass is 481 g/mol. The lowest BCUT2D eigenvalue weighted by atomic mass is 10.1. The molecule has 2 aromatic carbocycles. The molecule has 2 aliphatic heterocycles. The average Bonchev–Trinajstić information content (AvgIpc) is 3.45. The number of carbonyl (C=O) groups excluding carboxylic acids is 1. The minimum absolute atomic E-state index is 0.00702. The van der Waals surface area contributed by atoms with Gasteiger partial charge in [-0.3, -0.25) is 9.69 Å². The van der Waals surface area contributed by atoms with Crippen molar-refractivity contribution in [3.05, 3.63) is 66.0 Å². The van der Waals surface area contributed by atoms with Crippen LogP contribution in [-0.4, -0.2) is 71.3 Å². The molecule has 2 atom stereocenters. The van der Waals surface area contributed by atoms with Gasteiger partial charge < -0.3 is 20.1 Å². The van der Waals surface area contributed by atoms with Gasteiger partial charge in [0, 0.05) is 37.9 Å². The molecule has 2 bridgehead atoms. The number of nitrogens with one attached hydrogen (secondary N) is 1. The molecule has 0 spiro atoms. The smallest absolute Gasteiger partial charge is 0.274 e. The number of carbonyl (C=O) groups is 1. The standard InChI is InChI=1S/C25H25F2N5O3/c1-35-22-4-2-3-18(27)23(22)24-28-8-7-19(29-24)25(34)30-20-11-15(26)5-6-21(20)32-14-16-12-17(32)13-31(16)9-10-33/h2-8,11,16-17,33H,9-10,12-14H2,1H3,(H,30,34)/t16-,17-/m1/s1. The first-order valence-corrected chi connectivity index (χ1v) is 11.4. The highest BCUT2D eigenvalue weighted by molar-refractivity contribution is 6.05. The number of piperazine rings is 1. The Morgan fingerprint density at radius 2 is 2.06 bits per heavy atom. The second-order valence-electron chi connectivity index (χ2n) is 8.61. The number of nitrogens with zero attached hydrogens (tertiary/aromatic N) is 4. The molecule has 5 rings (SSSR count). The van der Waals surface area contributed by atoms with Crippen molar-refractivity contribution < 1.29 is 23.4 Å². The number of rotatable bonds is 7. The van der Waals surface area contributed by atoms with Crippen LogP contribution >= 0.6 is 0 Å². The fraction of sp³-hybridized carbons (Fsp3) is 0.320. The molecule has 3 heterocycles. The maximum Gasteiger partial charge on any atom is 0.274 e. The zero-order chi connectivity index (χ0) is 24.5. The summed E-state index contributed by atoms with van der Waals surface area (Å²) in [6, 6.07) is 10.6. The summed E-state index contributed by atoms with van der Waals surface area (Å²) in [7, 11) is 1.41. The number of halogens is 2. The van der Waals surface area contributed by atoms with Crippen molar-refractivity contribution in [1.29, 1.82) is 0 Å². The number of ether oxygens (including phenoxy) is 1. The number of hydrogen-bond donors (Lipinski definition) is 2. The molecule has 2 saturated heterocycles. The van der Waals surface area contributed by atoms with E-state index in [0.29, 0.717) is 18.3 Å². The zero-order valence-electron chi connectivity index (χ0n) is 19.1. The maximum atomic E-state index is 14.5. The minimum atomic E-state index is -0.575. The van der Waals surface area contributed by atoms with Crippen molar-refractivity contribution in [1.82, 2.24) is 14.9 Å². The number of aromatic nitrogens is 2. The number of benzene rings is 2. The van der Waals surface area contributed by atoms with Gasteiger partial charge in [0.2, 0.25) is 0 Å². The Morgan fingerprint density at radius 1 is 1.20 bits per heavy atom. The number of anilines is 2. The molecule has 0 unspecified atom stereocenters. The van der Waals surface area contributed by atoms with Gasteiger partial charge in [0.25, 0.3) is 5.91 Å². The summed E-state index contributed by atoms with van der Waals surface area (Å²) in [5, 5.41) is 12.0. The SMILES string of the molecule is COc1cccc(F)c1-c1nccc(C(=O)Nc2cc(F)ccc2N2C[C@H]3C[C@@H]2CN3CCO)n1. The van der Waals surface area contributed by atoms with Crippen LogP contribution in [0, 0.1) is 11.6 Å². The van der Waals surface area contributed by atoms with Crippen molar-refractivity contribution in [2.24, 2.45) is 0 Å². The van der Waals surface area contributed by atoms with Crippen LogP contribution in [-0.2, 0) is 0 Å². The van der Waals surface area contributed by atoms with E-state index in [1.54, 1.807) is 12.1 Å². The lowest BCUT2D eigenvalue weighted by Crippen LogP contribution is -2.47. The third-order valence-electron chi connectivity index (χ3n) is 6.56. The third-order valence-corrected chi connectivity index (χ3v) is 6.56. The van der Waals surface area contributed by atoms with E-state index in [0.717, 1.165) is 25.2 Å². The summed E-state index contributed by atoms with van der Waals surface area (Å²) in [4.78, 5) is 25.9. The zero-order valence-corrected chi connectivity index (χ0v) is 19.1. The highest BCUT2D eigenvalue weighted by atomic mass is 19.1. The Hall–Kier alpha value is -3.63. The van der Waals surface area contributed by atoms with Crippen molar-refractivity contribution in [3.63, 3.8) is 0 Å². The molecule has 10 heteroatoms. The van der Waals surface area contributed by atoms with Crippen LogP contribution in [0.5, 0.6) is 5.75 Å². The summed E-state index contributed by atoms with van der Waals surface area (Å²) >= 11 is 0. The molecule has 3 aromatic rings. The van der Waals surface area contributed by atoms with E-state index in [4.69, 9.17) is 4.74 Å². The van der Waals surface area contributed by atoms with Gasteiger partial charge in [0.1, 0.15) is 23.1 Å². The molecule has 0 saturated carbocycles. The fourth-order valence-electron chi connectivity index (χ4n) is 4.99. The summed E-state index contributed by atoms with van der Waals surface area (Å²) in [6.07, 6.45) is 2.31. The van der Waals surface area contributed by atoms with Crippen LogP contribution in [0.1, 0.15) is 16.9 Å². The van der Waals surface area contributed by atoms with Gasteiger partial charge in [0.05, 0.1) is 30.7 Å². The van der Waals surface area contributed by atoms with Gasteiger partial charge in [0.15, 0.2) is 5.82 Å². The predicted molar refractivity (Wildman–Crippen MR) is 127 cm³/mol. The number of aliphatic hydroxyl groups is 1. The molecule has 2 N–H and O–H groups in total. The lowest BCUT2D eigenvalue weighted by Gasteiger charge is -2.36. The number of methoxy groups -OCH3 is 1. The van der Waals surface area contributed by atoms with Crippen LogP contribution in [0.15, 0.2) is 48.7 Å². The first-order valence-electron chi connectivity index (χ1n) is 11.4. The molecular formula is C25H25F2N5O3. The molecule has 0 radical (unpaired) electrons. The highest BCUT2D eigenvalue weighted by Crippen LogP contribution is 2.38. The van der Waals surface area contributed by atoms with Crippen LogP contribution in [0.2, 0.25) is 0 Å². The van der Waals surface area contributed by atoms with E-state index in [1.165, 1.54) is 43.6 Å². The topological polar surface area (TPSA) is 90.8 Å². The maximum absolute atomic E-state index is 14.5. The fourth-order valence-corrected chi connectivity index (χ4v) is 4.99. The second-order valence-corrected chi connectivity index (χ2v) is 8.61. The van der Waals surface area contributed by atoms with Gasteiger partial charge in [-0.2, -0.15) is 0 Å². The third kappa shape index (κ3) is 4.42. The van der Waals surface area contributed by atoms with Gasteiger partial charge in [-0.05, 0) is 42.8 Å². The Kier molecular flexibility index (Phi) is 6.31. The van der Waals surface area contributed by atoms with E-state index in [2.05, 4.69) is 25.1 Å². The van der Waals surface area contributed by atoms with E-state index in [9.17, 15) is 18.7 Å². The van der Waals surface area contributed by atoms with E-state index >= 15 is 0 Å². The summed E-state index contributed by atoms with van der Waals surface area (Å²) in [5.41, 5.74) is 1.12. The number of likely N-dealkylation sites (tertiary alicyclic amines) is 1. The van der Waals surface area contributed by atoms with E-state index < -0.39 is 17.5 Å². The van der Waals surface area contributed by atoms with E-state index in [-0.39, 0.29) is 35.5 Å². The largest absolute Gasteiger partial charge is 0.496 e. The minimum Gasteiger partial charge on any atom is -0.496 e. The second kappa shape index (κ2) is 9.55. The molecule has 8 nitrogen and oxygen atoms in total. The number of hydrogen-bond acceptors (Lipinski definition) is 7. The predicted octanol–water partition coefficient (Wildman–Crippen LogP) is 2.94. The Labute approximate surface area is 201 Å². The first kappa shape index (κ1) is 23.1. The number of aliphatic hydroxyl groups excluding tert-OH is 1. The van der Waals surface area contributed by atoms with Crippen LogP contribution in [0.3, 0.4) is 0 Å². The van der Waals surface area contributed by atoms with Crippen LogP contribution in [0.4, 0.5) is 20.2 Å². The van der Waals surface area contributed by atoms with Crippen molar-refractivity contribution >= 4 is 17.3 Å². The number of β-amino-alcohol motifs (C(OH)–C–C–N with tert-alkyl or cyclic N) is 1. The summed E-state index contributed by atoms with van der Waals surface area (Å²) in [5.74, 6) is -1.37. The molecule has 182 valence electrons. The molecule has 35 heavy (non-hydrogen) atoms. The summed E-state index contributed by atoms with van der Waals surface area (Å²) in [6.45, 7) is 2.27. The highest BCUT2D eigenvalue weighted by Gasteiger charge is 2.43. The van der Waals surface area contributed by atoms with Gasteiger partial charge in [-0.25, -0.2) is 18.7 Å². The van der Waals surface area contributed by atoms with Gasteiger partial charge >= 0.3 is 0 Å². The van der Waals surface area contributed by atoms with Crippen LogP contribution < -0.4 is 15.0 Å². The first-order chi connectivity index (χ1) is 17.0. The molecule has 2 aliphatic rings. The summed E-state index contributed by atoms with van der Waals surface area (Å²) < 4.78 is 33.9. The number of fused-ring (bicyclic) bond motifs is 2. The Balaban J connectivity index is 1.40. The van der Waals surface area contributed by atoms with E-state index in [1.807, 2.05) is 0 Å². The van der Waals surface area contributed by atoms with Crippen molar-refractivity contribution in [3.8, 4) is 17.1 Å². The average molecular weight is 482 g/mol. The molecule has 2 fully saturated rings. The molecule has 1 aromatic heterocycles. The molecule has 0 aliphatic carbocycles. The molecular weight excluding hydrogens is 456 g/mol. The normalized spacial score (nSPS) is 19.3. The molecule has 1 amide bonds.